The van der Waals surface area contributed by atoms with Crippen LogP contribution in [0.3, 0.4) is 0 Å². The van der Waals surface area contributed by atoms with E-state index in [4.69, 9.17) is 0 Å². The van der Waals surface area contributed by atoms with Gasteiger partial charge < -0.3 is 4.74 Å². The van der Waals surface area contributed by atoms with E-state index >= 15 is 0 Å². The van der Waals surface area contributed by atoms with Gasteiger partial charge in [0, 0.05) is 5.70 Å². The molecule has 6 nitrogen and oxygen atoms in total. The third-order valence-corrected chi connectivity index (χ3v) is 4.13. The van der Waals surface area contributed by atoms with Crippen LogP contribution in [-0.4, -0.2) is 27.2 Å². The van der Waals surface area contributed by atoms with E-state index in [1.165, 1.54) is 19.6 Å². The van der Waals surface area contributed by atoms with Gasteiger partial charge in [-0.1, -0.05) is 19.3 Å². The fourth-order valence-electron chi connectivity index (χ4n) is 2.32. The van der Waals surface area contributed by atoms with Gasteiger partial charge in [0.05, 0.1) is 7.11 Å². The Morgan fingerprint density at radius 2 is 2.06 bits per heavy atom. The minimum Gasteiger partial charge on any atom is -0.464 e. The minimum absolute atomic E-state index is 0.156. The Bertz CT molecular complexity index is 501. The van der Waals surface area contributed by atoms with Crippen molar-refractivity contribution in [2.24, 2.45) is 10.3 Å². The van der Waals surface area contributed by atoms with Gasteiger partial charge in [0.1, 0.15) is 0 Å². The second-order valence-electron chi connectivity index (χ2n) is 4.48. The summed E-state index contributed by atoms with van der Waals surface area (Å²) >= 11 is 0. The van der Waals surface area contributed by atoms with E-state index in [9.17, 15) is 13.2 Å². The van der Waals surface area contributed by atoms with Gasteiger partial charge in [-0.05, 0) is 24.8 Å². The fourth-order valence-corrected chi connectivity index (χ4v) is 3.28. The predicted molar refractivity (Wildman–Crippen MR) is 66.2 cm³/mol. The van der Waals surface area contributed by atoms with Crippen LogP contribution in [0.25, 0.3) is 0 Å². The van der Waals surface area contributed by atoms with Gasteiger partial charge in [0.2, 0.25) is 0 Å². The molecule has 0 aromatic heterocycles. The molecular formula is C11H16N2O4S. The highest BCUT2D eigenvalue weighted by atomic mass is 32.2. The van der Waals surface area contributed by atoms with Crippen LogP contribution in [0.2, 0.25) is 0 Å². The van der Waals surface area contributed by atoms with E-state index in [1.54, 1.807) is 0 Å². The SMILES string of the molecule is COC(=O)C1=NS(=O)(=O)NC(C2CCCCC2)=C1. The number of ether oxygens (including phenoxy) is 1. The van der Waals surface area contributed by atoms with Crippen molar-refractivity contribution in [3.05, 3.63) is 11.8 Å². The summed E-state index contributed by atoms with van der Waals surface area (Å²) in [6, 6.07) is 0. The van der Waals surface area contributed by atoms with Crippen molar-refractivity contribution in [3.8, 4) is 0 Å². The molecule has 1 N–H and O–H groups in total. The highest BCUT2D eigenvalue weighted by molar-refractivity contribution is 7.88. The summed E-state index contributed by atoms with van der Waals surface area (Å²) in [5.41, 5.74) is 0.405. The second kappa shape index (κ2) is 5.09. The molecule has 0 amide bonds. The number of rotatable bonds is 2. The standard InChI is InChI=1S/C11H16N2O4S/c1-17-11(14)10-7-9(12-18(15,16)13-10)8-5-3-2-4-6-8/h7-8,12H,2-6H2,1H3. The molecular weight excluding hydrogens is 256 g/mol. The molecule has 0 aromatic carbocycles. The zero-order valence-corrected chi connectivity index (χ0v) is 11.0. The zero-order chi connectivity index (χ0) is 13.2. The maximum Gasteiger partial charge on any atom is 0.357 e. The monoisotopic (exact) mass is 272 g/mol. The van der Waals surface area contributed by atoms with E-state index in [1.807, 2.05) is 0 Å². The van der Waals surface area contributed by atoms with Crippen LogP contribution in [0.4, 0.5) is 0 Å². The predicted octanol–water partition coefficient (Wildman–Crippen LogP) is 0.913. The number of carbonyl (C=O) groups is 1. The molecule has 0 aromatic rings. The average Bonchev–Trinajstić information content (AvgIpc) is 2.37. The quantitative estimate of drug-likeness (QED) is 0.757. The first-order chi connectivity index (χ1) is 8.52. The molecule has 0 bridgehead atoms. The van der Waals surface area contributed by atoms with Gasteiger partial charge in [0.25, 0.3) is 0 Å². The first-order valence-electron chi connectivity index (χ1n) is 5.94. The lowest BCUT2D eigenvalue weighted by molar-refractivity contribution is -0.132. The first kappa shape index (κ1) is 13.1. The van der Waals surface area contributed by atoms with Crippen LogP contribution in [0, 0.1) is 5.92 Å². The minimum atomic E-state index is -3.82. The zero-order valence-electron chi connectivity index (χ0n) is 10.2. The van der Waals surface area contributed by atoms with Crippen molar-refractivity contribution in [1.29, 1.82) is 0 Å². The number of esters is 1. The molecule has 7 heteroatoms. The number of carbonyl (C=O) groups excluding carboxylic acids is 1. The van der Waals surface area contributed by atoms with Gasteiger partial charge in [-0.2, -0.15) is 8.42 Å². The van der Waals surface area contributed by atoms with Gasteiger partial charge >= 0.3 is 16.2 Å². The fraction of sp³-hybridized carbons (Fsp3) is 0.636. The summed E-state index contributed by atoms with van der Waals surface area (Å²) in [7, 11) is -2.61. The van der Waals surface area contributed by atoms with Gasteiger partial charge in [-0.3, -0.25) is 4.72 Å². The smallest absolute Gasteiger partial charge is 0.357 e. The third-order valence-electron chi connectivity index (χ3n) is 3.20. The summed E-state index contributed by atoms with van der Waals surface area (Å²) in [5.74, 6) is -0.572. The molecule has 1 heterocycles. The summed E-state index contributed by atoms with van der Waals surface area (Å²) < 4.78 is 33.5. The summed E-state index contributed by atoms with van der Waals surface area (Å²) in [6.07, 6.45) is 6.69. The molecule has 1 fully saturated rings. The van der Waals surface area contributed by atoms with Crippen molar-refractivity contribution in [1.82, 2.24) is 4.72 Å². The van der Waals surface area contributed by atoms with Crippen molar-refractivity contribution in [2.75, 3.05) is 7.11 Å². The normalized spacial score (nSPS) is 23.6. The Hall–Kier alpha value is -1.37. The second-order valence-corrected chi connectivity index (χ2v) is 5.82. The Balaban J connectivity index is 2.27. The number of nitrogens with zero attached hydrogens (tertiary/aromatic N) is 1. The van der Waals surface area contributed by atoms with E-state index in [2.05, 4.69) is 13.9 Å². The van der Waals surface area contributed by atoms with Gasteiger partial charge in [0.15, 0.2) is 5.71 Å². The number of hydrogen-bond acceptors (Lipinski definition) is 4. The Morgan fingerprint density at radius 3 is 2.67 bits per heavy atom. The molecule has 18 heavy (non-hydrogen) atoms. The van der Waals surface area contributed by atoms with Crippen molar-refractivity contribution in [2.45, 2.75) is 32.1 Å². The summed E-state index contributed by atoms with van der Waals surface area (Å²) in [6.45, 7) is 0. The Labute approximate surface area is 106 Å². The van der Waals surface area contributed by atoms with E-state index in [0.29, 0.717) is 5.70 Å². The van der Waals surface area contributed by atoms with Crippen LogP contribution >= 0.6 is 0 Å². The molecule has 0 atom stereocenters. The topological polar surface area (TPSA) is 84.8 Å². The van der Waals surface area contributed by atoms with Crippen LogP contribution in [0.1, 0.15) is 32.1 Å². The van der Waals surface area contributed by atoms with Crippen molar-refractivity contribution < 1.29 is 17.9 Å². The number of hydrogen-bond donors (Lipinski definition) is 1. The lowest BCUT2D eigenvalue weighted by atomic mass is 9.86. The van der Waals surface area contributed by atoms with Crippen LogP contribution in [0.5, 0.6) is 0 Å². The molecule has 2 rings (SSSR count). The number of allylic oxidation sites excluding steroid dienone is 1. The highest BCUT2D eigenvalue weighted by Gasteiger charge is 2.28. The molecule has 2 aliphatic rings. The first-order valence-corrected chi connectivity index (χ1v) is 7.38. The molecule has 1 aliphatic carbocycles. The number of methoxy groups -OCH3 is 1. The summed E-state index contributed by atoms with van der Waals surface area (Å²) in [4.78, 5) is 11.4. The van der Waals surface area contributed by atoms with E-state index in [-0.39, 0.29) is 11.6 Å². The lowest BCUT2D eigenvalue weighted by Gasteiger charge is -2.26. The average molecular weight is 272 g/mol. The highest BCUT2D eigenvalue weighted by Crippen LogP contribution is 2.29. The van der Waals surface area contributed by atoms with Crippen LogP contribution in [0.15, 0.2) is 16.2 Å². The van der Waals surface area contributed by atoms with Crippen molar-refractivity contribution >= 4 is 21.9 Å². The Kier molecular flexibility index (Phi) is 3.70. The van der Waals surface area contributed by atoms with Crippen LogP contribution in [-0.2, 0) is 19.7 Å². The molecule has 100 valence electrons. The maximum absolute atomic E-state index is 11.6. The van der Waals surface area contributed by atoms with Gasteiger partial charge in [-0.15, -0.1) is 4.40 Å². The Morgan fingerprint density at radius 1 is 1.39 bits per heavy atom. The molecule has 0 saturated heterocycles. The summed E-state index contributed by atoms with van der Waals surface area (Å²) in [5, 5.41) is 0. The molecule has 1 aliphatic heterocycles. The largest absolute Gasteiger partial charge is 0.464 e. The van der Waals surface area contributed by atoms with E-state index in [0.717, 1.165) is 25.7 Å². The lowest BCUT2D eigenvalue weighted by Crippen LogP contribution is -2.33. The third kappa shape index (κ3) is 2.90. The molecule has 1 saturated carbocycles. The molecule has 0 unspecified atom stereocenters. The molecule has 0 radical (unpaired) electrons. The van der Waals surface area contributed by atoms with Crippen molar-refractivity contribution in [3.63, 3.8) is 0 Å². The number of nitrogens with one attached hydrogen (secondary N) is 1. The van der Waals surface area contributed by atoms with Crippen LogP contribution < -0.4 is 4.72 Å². The van der Waals surface area contributed by atoms with Gasteiger partial charge in [-0.25, -0.2) is 4.79 Å². The molecule has 0 spiro atoms. The maximum atomic E-state index is 11.6. The van der Waals surface area contributed by atoms with E-state index < -0.39 is 16.2 Å².